The fraction of sp³-hybridized carbons (Fsp3) is 0.300. The van der Waals surface area contributed by atoms with Crippen molar-refractivity contribution in [2.75, 3.05) is 20.8 Å². The molecule has 0 aliphatic rings. The third kappa shape index (κ3) is 6.06. The van der Waals surface area contributed by atoms with Gasteiger partial charge in [-0.05, 0) is 43.7 Å². The van der Waals surface area contributed by atoms with Gasteiger partial charge in [-0.15, -0.1) is 0 Å². The number of para-hydroxylation sites is 2. The Morgan fingerprint density at radius 2 is 1.82 bits per heavy atom. The standard InChI is InChI=1S/C20H23ClN2O5/c1-13(2)28-20-15(21)9-14(10-18(20)26-4)11-22-23-19(24)12-27-17-8-6-5-7-16(17)25-3/h5-11,13H,12H2,1-4H3,(H,23,24)/b22-11-. The average Bonchev–Trinajstić information content (AvgIpc) is 2.68. The quantitative estimate of drug-likeness (QED) is 0.507. The van der Waals surface area contributed by atoms with Crippen molar-refractivity contribution in [2.45, 2.75) is 20.0 Å². The number of benzene rings is 2. The van der Waals surface area contributed by atoms with Gasteiger partial charge in [0.25, 0.3) is 5.91 Å². The number of nitrogens with zero attached hydrogens (tertiary/aromatic N) is 1. The number of carbonyl (C=O) groups is 1. The van der Waals surface area contributed by atoms with Gasteiger partial charge in [0.1, 0.15) is 0 Å². The lowest BCUT2D eigenvalue weighted by atomic mass is 10.2. The maximum absolute atomic E-state index is 11.9. The molecule has 0 atom stereocenters. The molecule has 150 valence electrons. The topological polar surface area (TPSA) is 78.4 Å². The van der Waals surface area contributed by atoms with Gasteiger partial charge in [0.05, 0.1) is 31.6 Å². The molecule has 0 saturated carbocycles. The molecule has 0 spiro atoms. The normalized spacial score (nSPS) is 10.8. The molecule has 0 fully saturated rings. The van der Waals surface area contributed by atoms with Crippen LogP contribution in [-0.4, -0.2) is 39.1 Å². The van der Waals surface area contributed by atoms with Crippen LogP contribution < -0.4 is 24.4 Å². The van der Waals surface area contributed by atoms with E-state index in [1.54, 1.807) is 30.3 Å². The van der Waals surface area contributed by atoms with Crippen molar-refractivity contribution in [1.82, 2.24) is 5.43 Å². The Kier molecular flexibility index (Phi) is 7.95. The molecular formula is C20H23ClN2O5. The van der Waals surface area contributed by atoms with Crippen LogP contribution in [0.25, 0.3) is 0 Å². The number of hydrazone groups is 1. The smallest absolute Gasteiger partial charge is 0.277 e. The number of nitrogens with one attached hydrogen (secondary N) is 1. The number of methoxy groups -OCH3 is 2. The molecule has 0 aliphatic heterocycles. The zero-order chi connectivity index (χ0) is 20.5. The van der Waals surface area contributed by atoms with Crippen LogP contribution in [0, 0.1) is 0 Å². The third-order valence-electron chi connectivity index (χ3n) is 3.44. The highest BCUT2D eigenvalue weighted by molar-refractivity contribution is 6.32. The number of carbonyl (C=O) groups excluding carboxylic acids is 1. The highest BCUT2D eigenvalue weighted by Gasteiger charge is 2.13. The monoisotopic (exact) mass is 406 g/mol. The molecule has 2 aromatic rings. The van der Waals surface area contributed by atoms with Crippen LogP contribution in [-0.2, 0) is 4.79 Å². The van der Waals surface area contributed by atoms with Gasteiger partial charge in [0, 0.05) is 0 Å². The number of halogens is 1. The minimum Gasteiger partial charge on any atom is -0.493 e. The van der Waals surface area contributed by atoms with Gasteiger partial charge in [-0.3, -0.25) is 4.79 Å². The SMILES string of the molecule is COc1ccccc1OCC(=O)N/N=C\c1cc(Cl)c(OC(C)C)c(OC)c1. The van der Waals surface area contributed by atoms with Crippen molar-refractivity contribution >= 4 is 23.7 Å². The summed E-state index contributed by atoms with van der Waals surface area (Å²) < 4.78 is 21.6. The number of rotatable bonds is 9. The highest BCUT2D eigenvalue weighted by atomic mass is 35.5. The van der Waals surface area contributed by atoms with E-state index in [9.17, 15) is 4.79 Å². The minimum atomic E-state index is -0.417. The molecule has 0 heterocycles. The highest BCUT2D eigenvalue weighted by Crippen LogP contribution is 2.36. The summed E-state index contributed by atoms with van der Waals surface area (Å²) in [6.07, 6.45) is 1.41. The largest absolute Gasteiger partial charge is 0.493 e. The molecule has 0 bridgehead atoms. The van der Waals surface area contributed by atoms with Gasteiger partial charge < -0.3 is 18.9 Å². The van der Waals surface area contributed by atoms with E-state index in [4.69, 9.17) is 30.5 Å². The summed E-state index contributed by atoms with van der Waals surface area (Å²) in [6.45, 7) is 3.59. The van der Waals surface area contributed by atoms with Crippen molar-refractivity contribution in [3.8, 4) is 23.0 Å². The molecular weight excluding hydrogens is 384 g/mol. The lowest BCUT2D eigenvalue weighted by molar-refractivity contribution is -0.123. The van der Waals surface area contributed by atoms with Crippen LogP contribution in [0.5, 0.6) is 23.0 Å². The summed E-state index contributed by atoms with van der Waals surface area (Å²) in [5.74, 6) is 1.55. The molecule has 0 unspecified atom stereocenters. The molecule has 0 aromatic heterocycles. The van der Waals surface area contributed by atoms with E-state index in [-0.39, 0.29) is 12.7 Å². The van der Waals surface area contributed by atoms with Crippen molar-refractivity contribution in [2.24, 2.45) is 5.10 Å². The van der Waals surface area contributed by atoms with Crippen LogP contribution in [0.15, 0.2) is 41.5 Å². The Labute approximate surface area is 169 Å². The lowest BCUT2D eigenvalue weighted by Gasteiger charge is -2.15. The van der Waals surface area contributed by atoms with E-state index in [1.165, 1.54) is 20.4 Å². The first-order valence-corrected chi connectivity index (χ1v) is 8.94. The third-order valence-corrected chi connectivity index (χ3v) is 3.72. The minimum absolute atomic E-state index is 0.0477. The van der Waals surface area contributed by atoms with Crippen molar-refractivity contribution in [1.29, 1.82) is 0 Å². The van der Waals surface area contributed by atoms with Gasteiger partial charge in [0.2, 0.25) is 0 Å². The van der Waals surface area contributed by atoms with Crippen molar-refractivity contribution < 1.29 is 23.7 Å². The first-order valence-electron chi connectivity index (χ1n) is 8.56. The van der Waals surface area contributed by atoms with E-state index in [0.29, 0.717) is 33.6 Å². The molecule has 0 saturated heterocycles. The van der Waals surface area contributed by atoms with E-state index >= 15 is 0 Å². The Morgan fingerprint density at radius 1 is 1.14 bits per heavy atom. The summed E-state index contributed by atoms with van der Waals surface area (Å²) in [5.41, 5.74) is 3.03. The van der Waals surface area contributed by atoms with Crippen LogP contribution in [0.3, 0.4) is 0 Å². The predicted molar refractivity (Wildman–Crippen MR) is 108 cm³/mol. The second kappa shape index (κ2) is 10.4. The van der Waals surface area contributed by atoms with Gasteiger partial charge in [-0.25, -0.2) is 5.43 Å². The second-order valence-corrected chi connectivity index (χ2v) is 6.34. The molecule has 0 aliphatic carbocycles. The Balaban J connectivity index is 1.96. The fourth-order valence-corrected chi connectivity index (χ4v) is 2.52. The van der Waals surface area contributed by atoms with E-state index in [1.807, 2.05) is 19.9 Å². The lowest BCUT2D eigenvalue weighted by Crippen LogP contribution is -2.24. The van der Waals surface area contributed by atoms with Gasteiger partial charge in [0.15, 0.2) is 29.6 Å². The molecule has 2 aromatic carbocycles. The van der Waals surface area contributed by atoms with Gasteiger partial charge in [-0.2, -0.15) is 5.10 Å². The summed E-state index contributed by atoms with van der Waals surface area (Å²) in [6, 6.07) is 10.4. The van der Waals surface area contributed by atoms with Crippen LogP contribution >= 0.6 is 11.6 Å². The number of hydrogen-bond acceptors (Lipinski definition) is 6. The Morgan fingerprint density at radius 3 is 2.46 bits per heavy atom. The van der Waals surface area contributed by atoms with Crippen LogP contribution in [0.1, 0.15) is 19.4 Å². The molecule has 28 heavy (non-hydrogen) atoms. The van der Waals surface area contributed by atoms with E-state index < -0.39 is 5.91 Å². The Bertz CT molecular complexity index is 839. The number of amides is 1. The summed E-state index contributed by atoms with van der Waals surface area (Å²) >= 11 is 6.26. The van der Waals surface area contributed by atoms with E-state index in [0.717, 1.165) is 0 Å². The first kappa shape index (κ1) is 21.4. The van der Waals surface area contributed by atoms with Crippen LogP contribution in [0.2, 0.25) is 5.02 Å². The van der Waals surface area contributed by atoms with Gasteiger partial charge in [-0.1, -0.05) is 23.7 Å². The van der Waals surface area contributed by atoms with Crippen LogP contribution in [0.4, 0.5) is 0 Å². The second-order valence-electron chi connectivity index (χ2n) is 5.93. The number of ether oxygens (including phenoxy) is 4. The summed E-state index contributed by atoms with van der Waals surface area (Å²) in [4.78, 5) is 11.9. The van der Waals surface area contributed by atoms with Crippen molar-refractivity contribution in [3.05, 3.63) is 47.0 Å². The van der Waals surface area contributed by atoms with E-state index in [2.05, 4.69) is 10.5 Å². The van der Waals surface area contributed by atoms with Crippen molar-refractivity contribution in [3.63, 3.8) is 0 Å². The molecule has 0 radical (unpaired) electrons. The average molecular weight is 407 g/mol. The summed E-state index contributed by atoms with van der Waals surface area (Å²) in [5, 5.41) is 4.30. The molecule has 2 rings (SSSR count). The fourth-order valence-electron chi connectivity index (χ4n) is 2.26. The molecule has 1 amide bonds. The maximum Gasteiger partial charge on any atom is 0.277 e. The number of hydrogen-bond donors (Lipinski definition) is 1. The molecule has 1 N–H and O–H groups in total. The predicted octanol–water partition coefficient (Wildman–Crippen LogP) is 3.67. The zero-order valence-corrected chi connectivity index (χ0v) is 16.9. The van der Waals surface area contributed by atoms with Gasteiger partial charge >= 0.3 is 0 Å². The first-order chi connectivity index (χ1) is 13.4. The zero-order valence-electron chi connectivity index (χ0n) is 16.2. The molecule has 7 nitrogen and oxygen atoms in total. The Hall–Kier alpha value is -2.93. The maximum atomic E-state index is 11.9. The summed E-state index contributed by atoms with van der Waals surface area (Å²) in [7, 11) is 3.06. The molecule has 8 heteroatoms.